The lowest BCUT2D eigenvalue weighted by atomic mass is 9.81. The lowest BCUT2D eigenvalue weighted by Gasteiger charge is -2.40. The highest BCUT2D eigenvalue weighted by Crippen LogP contribution is 2.47. The van der Waals surface area contributed by atoms with Crippen LogP contribution in [0.5, 0.6) is 0 Å². The molecule has 1 amide bonds. The highest BCUT2D eigenvalue weighted by molar-refractivity contribution is 8.00. The van der Waals surface area contributed by atoms with E-state index in [0.29, 0.717) is 4.75 Å². The third-order valence-corrected chi connectivity index (χ3v) is 4.97. The minimum absolute atomic E-state index is 0.0990. The molecule has 3 heteroatoms. The van der Waals surface area contributed by atoms with Crippen molar-refractivity contribution in [3.63, 3.8) is 0 Å². The lowest BCUT2D eigenvalue weighted by molar-refractivity contribution is -0.125. The molecule has 1 saturated carbocycles. The zero-order valence-electron chi connectivity index (χ0n) is 8.50. The summed E-state index contributed by atoms with van der Waals surface area (Å²) in [5.74, 6) is 1.20. The number of rotatable bonds is 1. The normalized spacial score (nSPS) is 25.3. The molecule has 78 valence electrons. The molecule has 0 unspecified atom stereocenters. The highest BCUT2D eigenvalue weighted by atomic mass is 32.2. The summed E-state index contributed by atoms with van der Waals surface area (Å²) < 4.78 is 0.538. The molecular weight excluding hydrogens is 194 g/mol. The van der Waals surface area contributed by atoms with Gasteiger partial charge in [-0.25, -0.2) is 0 Å². The van der Waals surface area contributed by atoms with E-state index in [2.05, 4.69) is 18.3 Å². The Morgan fingerprint density at radius 1 is 1.36 bits per heavy atom. The van der Waals surface area contributed by atoms with Crippen LogP contribution in [0.2, 0.25) is 0 Å². The molecule has 2 aliphatic rings. The van der Waals surface area contributed by atoms with Crippen molar-refractivity contribution in [2.75, 3.05) is 18.8 Å². The van der Waals surface area contributed by atoms with Crippen LogP contribution in [-0.2, 0) is 4.79 Å². The maximum absolute atomic E-state index is 11.4. The summed E-state index contributed by atoms with van der Waals surface area (Å²) in [6.45, 7) is 5.37. The van der Waals surface area contributed by atoms with Gasteiger partial charge in [-0.2, -0.15) is 11.8 Å². The fourth-order valence-corrected chi connectivity index (χ4v) is 3.77. The van der Waals surface area contributed by atoms with E-state index in [4.69, 9.17) is 0 Å². The molecule has 0 aromatic rings. The molecule has 2 nitrogen and oxygen atoms in total. The SMILES string of the molecule is C=CC(=O)N1CCSC2(CCC2)CC1. The van der Waals surface area contributed by atoms with E-state index in [9.17, 15) is 4.79 Å². The number of carbonyl (C=O) groups excluding carboxylic acids is 1. The Bertz CT molecular complexity index is 248. The Hall–Kier alpha value is -0.440. The van der Waals surface area contributed by atoms with Crippen LogP contribution in [0.1, 0.15) is 25.7 Å². The van der Waals surface area contributed by atoms with Crippen molar-refractivity contribution in [1.82, 2.24) is 4.90 Å². The van der Waals surface area contributed by atoms with Gasteiger partial charge in [-0.3, -0.25) is 4.79 Å². The minimum atomic E-state index is 0.0990. The number of carbonyl (C=O) groups is 1. The van der Waals surface area contributed by atoms with Gasteiger partial charge in [0, 0.05) is 23.6 Å². The Kier molecular flexibility index (Phi) is 2.86. The quantitative estimate of drug-likeness (QED) is 0.619. The molecule has 0 radical (unpaired) electrons. The summed E-state index contributed by atoms with van der Waals surface area (Å²) in [6.07, 6.45) is 6.70. The fourth-order valence-electron chi connectivity index (χ4n) is 2.21. The van der Waals surface area contributed by atoms with Gasteiger partial charge >= 0.3 is 0 Å². The second-order valence-electron chi connectivity index (χ2n) is 4.16. The van der Waals surface area contributed by atoms with Crippen LogP contribution in [0.3, 0.4) is 0 Å². The van der Waals surface area contributed by atoms with Crippen molar-refractivity contribution in [2.24, 2.45) is 0 Å². The molecule has 1 spiro atoms. The van der Waals surface area contributed by atoms with Crippen LogP contribution < -0.4 is 0 Å². The molecule has 2 fully saturated rings. The van der Waals surface area contributed by atoms with Gasteiger partial charge in [0.25, 0.3) is 0 Å². The van der Waals surface area contributed by atoms with Gasteiger partial charge in [0.15, 0.2) is 0 Å². The predicted molar refractivity (Wildman–Crippen MR) is 60.4 cm³/mol. The van der Waals surface area contributed by atoms with E-state index in [1.807, 2.05) is 4.90 Å². The summed E-state index contributed by atoms with van der Waals surface area (Å²) in [4.78, 5) is 13.4. The smallest absolute Gasteiger partial charge is 0.245 e. The monoisotopic (exact) mass is 211 g/mol. The fraction of sp³-hybridized carbons (Fsp3) is 0.727. The van der Waals surface area contributed by atoms with Crippen LogP contribution in [0.15, 0.2) is 12.7 Å². The van der Waals surface area contributed by atoms with Gasteiger partial charge in [-0.05, 0) is 25.3 Å². The third kappa shape index (κ3) is 1.83. The Labute approximate surface area is 89.7 Å². The maximum atomic E-state index is 11.4. The summed E-state index contributed by atoms with van der Waals surface area (Å²) >= 11 is 2.08. The molecule has 1 saturated heterocycles. The molecule has 0 aromatic heterocycles. The van der Waals surface area contributed by atoms with Gasteiger partial charge in [0.1, 0.15) is 0 Å². The number of hydrogen-bond donors (Lipinski definition) is 0. The second-order valence-corrected chi connectivity index (χ2v) is 5.73. The zero-order chi connectivity index (χ0) is 10.0. The lowest BCUT2D eigenvalue weighted by Crippen LogP contribution is -2.36. The predicted octanol–water partition coefficient (Wildman–Crippen LogP) is 2.06. The van der Waals surface area contributed by atoms with Crippen molar-refractivity contribution < 1.29 is 4.79 Å². The van der Waals surface area contributed by atoms with Crippen molar-refractivity contribution in [3.8, 4) is 0 Å². The first-order valence-electron chi connectivity index (χ1n) is 5.31. The number of amides is 1. The molecular formula is C11H17NOS. The third-order valence-electron chi connectivity index (χ3n) is 3.36. The number of thioether (sulfide) groups is 1. The zero-order valence-corrected chi connectivity index (χ0v) is 9.31. The summed E-state index contributed by atoms with van der Waals surface area (Å²) in [7, 11) is 0. The summed E-state index contributed by atoms with van der Waals surface area (Å²) in [6, 6.07) is 0. The maximum Gasteiger partial charge on any atom is 0.245 e. The van der Waals surface area contributed by atoms with Crippen LogP contribution in [-0.4, -0.2) is 34.4 Å². The van der Waals surface area contributed by atoms with Gasteiger partial charge in [-0.15, -0.1) is 0 Å². The number of nitrogens with zero attached hydrogens (tertiary/aromatic N) is 1. The van der Waals surface area contributed by atoms with Gasteiger partial charge in [-0.1, -0.05) is 13.0 Å². The Balaban J connectivity index is 1.94. The van der Waals surface area contributed by atoms with E-state index in [1.165, 1.54) is 31.8 Å². The number of hydrogen-bond acceptors (Lipinski definition) is 2. The molecule has 0 aromatic carbocycles. The molecule has 0 N–H and O–H groups in total. The van der Waals surface area contributed by atoms with Crippen molar-refractivity contribution >= 4 is 17.7 Å². The van der Waals surface area contributed by atoms with Crippen LogP contribution in [0.25, 0.3) is 0 Å². The van der Waals surface area contributed by atoms with E-state index in [1.54, 1.807) is 0 Å². The molecule has 1 aliphatic carbocycles. The van der Waals surface area contributed by atoms with Crippen LogP contribution in [0, 0.1) is 0 Å². The first kappa shape index (κ1) is 10.1. The molecule has 2 rings (SSSR count). The Morgan fingerprint density at radius 2 is 2.14 bits per heavy atom. The van der Waals surface area contributed by atoms with Gasteiger partial charge < -0.3 is 4.90 Å². The van der Waals surface area contributed by atoms with E-state index < -0.39 is 0 Å². The molecule has 1 heterocycles. The minimum Gasteiger partial charge on any atom is -0.338 e. The molecule has 14 heavy (non-hydrogen) atoms. The van der Waals surface area contributed by atoms with Crippen LogP contribution in [0.4, 0.5) is 0 Å². The molecule has 0 bridgehead atoms. The first-order valence-corrected chi connectivity index (χ1v) is 6.30. The average molecular weight is 211 g/mol. The van der Waals surface area contributed by atoms with Gasteiger partial charge in [0.2, 0.25) is 5.91 Å². The second kappa shape index (κ2) is 3.97. The van der Waals surface area contributed by atoms with E-state index in [0.717, 1.165) is 18.8 Å². The van der Waals surface area contributed by atoms with E-state index in [-0.39, 0.29) is 5.91 Å². The Morgan fingerprint density at radius 3 is 2.71 bits per heavy atom. The summed E-state index contributed by atoms with van der Waals surface area (Å²) in [5.41, 5.74) is 0. The van der Waals surface area contributed by atoms with Crippen molar-refractivity contribution in [3.05, 3.63) is 12.7 Å². The topological polar surface area (TPSA) is 20.3 Å². The first-order chi connectivity index (χ1) is 6.76. The molecule has 0 atom stereocenters. The standard InChI is InChI=1S/C11H17NOS/c1-2-10(13)12-7-6-11(4-3-5-11)14-9-8-12/h2H,1,3-9H2. The highest BCUT2D eigenvalue weighted by Gasteiger charge is 2.39. The van der Waals surface area contributed by atoms with E-state index >= 15 is 0 Å². The average Bonchev–Trinajstić information content (AvgIpc) is 2.37. The largest absolute Gasteiger partial charge is 0.338 e. The molecule has 1 aliphatic heterocycles. The summed E-state index contributed by atoms with van der Waals surface area (Å²) in [5, 5.41) is 0. The van der Waals surface area contributed by atoms with Crippen molar-refractivity contribution in [1.29, 1.82) is 0 Å². The van der Waals surface area contributed by atoms with Gasteiger partial charge in [0.05, 0.1) is 0 Å². The van der Waals surface area contributed by atoms with Crippen LogP contribution >= 0.6 is 11.8 Å². The van der Waals surface area contributed by atoms with Crippen molar-refractivity contribution in [2.45, 2.75) is 30.4 Å².